The molecule has 1 unspecified atom stereocenters. The topological polar surface area (TPSA) is 74.1 Å². The summed E-state index contributed by atoms with van der Waals surface area (Å²) in [4.78, 5) is 0.106. The van der Waals surface area contributed by atoms with Crippen molar-refractivity contribution in [1.29, 1.82) is 0 Å². The molecule has 0 N–H and O–H groups in total. The highest BCUT2D eigenvalue weighted by Gasteiger charge is 2.21. The number of fused-ring (bicyclic) bond motifs is 1. The average molecular weight is 442 g/mol. The smallest absolute Gasteiger partial charge is 0.340 e. The van der Waals surface area contributed by atoms with Crippen LogP contribution in [0.2, 0.25) is 0 Å². The number of nitrogens with zero attached hydrogens (tertiary/aromatic N) is 3. The summed E-state index contributed by atoms with van der Waals surface area (Å²) in [5, 5.41) is 8.30. The van der Waals surface area contributed by atoms with Crippen LogP contribution in [0.15, 0.2) is 59.5 Å². The predicted molar refractivity (Wildman–Crippen MR) is 124 cm³/mol. The number of aryl methyl sites for hydroxylation is 1. The van der Waals surface area contributed by atoms with Gasteiger partial charge in [-0.3, -0.25) is 0 Å². The van der Waals surface area contributed by atoms with Crippen molar-refractivity contribution in [2.24, 2.45) is 11.3 Å². The van der Waals surface area contributed by atoms with Crippen molar-refractivity contribution in [2.75, 3.05) is 0 Å². The summed E-state index contributed by atoms with van der Waals surface area (Å²) in [6.07, 6.45) is 4.47. The van der Waals surface area contributed by atoms with Gasteiger partial charge in [0.15, 0.2) is 0 Å². The van der Waals surface area contributed by atoms with Gasteiger partial charge < -0.3 is 4.18 Å². The number of benzene rings is 2. The van der Waals surface area contributed by atoms with Crippen LogP contribution >= 0.6 is 0 Å². The summed E-state index contributed by atoms with van der Waals surface area (Å²) in [6, 6.07) is 14.0. The highest BCUT2D eigenvalue weighted by Crippen LogP contribution is 2.28. The van der Waals surface area contributed by atoms with Gasteiger partial charge in [0, 0.05) is 0 Å². The third-order valence-corrected chi connectivity index (χ3v) is 6.24. The van der Waals surface area contributed by atoms with Crippen LogP contribution in [0.3, 0.4) is 0 Å². The molecule has 0 aliphatic carbocycles. The first-order valence-corrected chi connectivity index (χ1v) is 12.0. The van der Waals surface area contributed by atoms with Crippen LogP contribution in [-0.4, -0.2) is 23.4 Å². The van der Waals surface area contributed by atoms with Crippen LogP contribution in [0.1, 0.15) is 52.5 Å². The molecule has 7 heteroatoms. The molecule has 0 saturated heterocycles. The monoisotopic (exact) mass is 441 g/mol. The van der Waals surface area contributed by atoms with E-state index in [1.54, 1.807) is 30.3 Å². The van der Waals surface area contributed by atoms with Gasteiger partial charge in [-0.25, -0.2) is 0 Å². The van der Waals surface area contributed by atoms with Crippen LogP contribution < -0.4 is 0 Å². The fraction of sp³-hybridized carbons (Fsp3) is 0.417. The van der Waals surface area contributed by atoms with Gasteiger partial charge >= 0.3 is 10.1 Å². The van der Waals surface area contributed by atoms with E-state index in [9.17, 15) is 8.42 Å². The summed E-state index contributed by atoms with van der Waals surface area (Å²) >= 11 is 0. The molecule has 0 saturated carbocycles. The Morgan fingerprint density at radius 2 is 1.81 bits per heavy atom. The van der Waals surface area contributed by atoms with Gasteiger partial charge in [0.1, 0.15) is 10.4 Å². The lowest BCUT2D eigenvalue weighted by molar-refractivity contribution is 0.297. The minimum atomic E-state index is -4.01. The van der Waals surface area contributed by atoms with Crippen LogP contribution in [0.5, 0.6) is 0 Å². The fourth-order valence-corrected chi connectivity index (χ4v) is 4.62. The first kappa shape index (κ1) is 23.0. The molecule has 1 heterocycles. The Kier molecular flexibility index (Phi) is 6.84. The fourth-order valence-electron chi connectivity index (χ4n) is 3.69. The van der Waals surface area contributed by atoms with E-state index < -0.39 is 10.1 Å². The number of allylic oxidation sites excluding steroid dienone is 1. The molecule has 0 fully saturated rings. The van der Waals surface area contributed by atoms with Gasteiger partial charge in [0.2, 0.25) is 5.88 Å². The summed E-state index contributed by atoms with van der Waals surface area (Å²) in [7, 11) is -4.01. The van der Waals surface area contributed by atoms with Gasteiger partial charge in [0.25, 0.3) is 0 Å². The van der Waals surface area contributed by atoms with E-state index in [1.807, 2.05) is 31.2 Å². The summed E-state index contributed by atoms with van der Waals surface area (Å²) in [5.74, 6) is 0.649. The Morgan fingerprint density at radius 1 is 1.13 bits per heavy atom. The Balaban J connectivity index is 1.90. The zero-order chi connectivity index (χ0) is 22.6. The molecule has 1 aromatic heterocycles. The molecule has 0 radical (unpaired) electrons. The van der Waals surface area contributed by atoms with Gasteiger partial charge in [-0.05, 0) is 67.9 Å². The molecule has 0 spiro atoms. The molecule has 0 bridgehead atoms. The Morgan fingerprint density at radius 3 is 2.48 bits per heavy atom. The van der Waals surface area contributed by atoms with Crippen LogP contribution in [0.25, 0.3) is 16.9 Å². The SMILES string of the molecule is Cc1ccc(S(=O)(=O)O/C(=C\CCC(C)CC(C)(C)C)n2nnc3ccccc32)cc1. The van der Waals surface area contributed by atoms with E-state index in [2.05, 4.69) is 38.0 Å². The molecule has 3 aromatic rings. The zero-order valence-corrected chi connectivity index (χ0v) is 19.7. The lowest BCUT2D eigenvalue weighted by Gasteiger charge is -2.22. The van der Waals surface area contributed by atoms with Gasteiger partial charge in [-0.2, -0.15) is 13.1 Å². The van der Waals surface area contributed by atoms with E-state index >= 15 is 0 Å². The lowest BCUT2D eigenvalue weighted by atomic mass is 9.84. The van der Waals surface area contributed by atoms with E-state index in [0.717, 1.165) is 18.4 Å². The third kappa shape index (κ3) is 6.17. The van der Waals surface area contributed by atoms with Crippen molar-refractivity contribution >= 4 is 27.0 Å². The minimum Gasteiger partial charge on any atom is -0.358 e. The molecule has 166 valence electrons. The number of hydrogen-bond donors (Lipinski definition) is 0. The standard InChI is InChI=1S/C24H31N3O3S/c1-18-13-15-20(16-14-18)31(28,29)30-23(12-8-9-19(2)17-24(3,4)5)27-22-11-7-6-10-21(22)25-26-27/h6-7,10-16,19H,8-9,17H2,1-5H3/b23-12-. The lowest BCUT2D eigenvalue weighted by Crippen LogP contribution is -2.12. The van der Waals surface area contributed by atoms with Crippen molar-refractivity contribution in [1.82, 2.24) is 15.0 Å². The average Bonchev–Trinajstić information content (AvgIpc) is 3.10. The molecule has 1 atom stereocenters. The normalized spacial score (nSPS) is 14.0. The maximum atomic E-state index is 12.9. The van der Waals surface area contributed by atoms with Crippen LogP contribution in [-0.2, 0) is 14.3 Å². The Bertz CT molecular complexity index is 1160. The summed E-state index contributed by atoms with van der Waals surface area (Å²) in [6.45, 7) is 10.8. The van der Waals surface area contributed by atoms with E-state index in [-0.39, 0.29) is 16.2 Å². The second-order valence-electron chi connectivity index (χ2n) is 9.33. The van der Waals surface area contributed by atoms with Crippen molar-refractivity contribution in [3.8, 4) is 0 Å². The van der Waals surface area contributed by atoms with Crippen molar-refractivity contribution in [2.45, 2.75) is 58.8 Å². The summed E-state index contributed by atoms with van der Waals surface area (Å²) < 4.78 is 32.9. The molecule has 2 aromatic carbocycles. The van der Waals surface area contributed by atoms with Gasteiger partial charge in [0.05, 0.1) is 5.52 Å². The number of para-hydroxylation sites is 1. The Labute approximate surface area is 185 Å². The van der Waals surface area contributed by atoms with Crippen molar-refractivity contribution < 1.29 is 12.6 Å². The first-order valence-electron chi connectivity index (χ1n) is 10.6. The van der Waals surface area contributed by atoms with Crippen LogP contribution in [0.4, 0.5) is 0 Å². The van der Waals surface area contributed by atoms with E-state index in [4.69, 9.17) is 4.18 Å². The largest absolute Gasteiger partial charge is 0.358 e. The molecule has 31 heavy (non-hydrogen) atoms. The predicted octanol–water partition coefficient (Wildman–Crippen LogP) is 5.80. The first-order chi connectivity index (χ1) is 14.5. The summed E-state index contributed by atoms with van der Waals surface area (Å²) in [5.41, 5.74) is 2.59. The molecule has 0 aliphatic rings. The molecule has 0 amide bonds. The highest BCUT2D eigenvalue weighted by molar-refractivity contribution is 7.87. The number of rotatable bonds is 8. The number of aromatic nitrogens is 3. The molecular formula is C24H31N3O3S. The Hall–Kier alpha value is -2.67. The number of hydrogen-bond acceptors (Lipinski definition) is 5. The maximum Gasteiger partial charge on any atom is 0.340 e. The second kappa shape index (κ2) is 9.22. The van der Waals surface area contributed by atoms with Crippen molar-refractivity contribution in [3.63, 3.8) is 0 Å². The van der Waals surface area contributed by atoms with Gasteiger partial charge in [-0.15, -0.1) is 5.10 Å². The van der Waals surface area contributed by atoms with Gasteiger partial charge in [-0.1, -0.05) is 62.7 Å². The van der Waals surface area contributed by atoms with Crippen molar-refractivity contribution in [3.05, 3.63) is 60.2 Å². The second-order valence-corrected chi connectivity index (χ2v) is 10.9. The van der Waals surface area contributed by atoms with E-state index in [1.165, 1.54) is 4.68 Å². The third-order valence-electron chi connectivity index (χ3n) is 5.00. The minimum absolute atomic E-state index is 0.106. The molecule has 6 nitrogen and oxygen atoms in total. The van der Waals surface area contributed by atoms with Crippen LogP contribution in [0, 0.1) is 18.3 Å². The molecule has 3 rings (SSSR count). The zero-order valence-electron chi connectivity index (χ0n) is 18.9. The molecule has 0 aliphatic heterocycles. The van der Waals surface area contributed by atoms with E-state index in [0.29, 0.717) is 23.4 Å². The highest BCUT2D eigenvalue weighted by atomic mass is 32.2. The maximum absolute atomic E-state index is 12.9. The quantitative estimate of drug-likeness (QED) is 0.326. The molecular weight excluding hydrogens is 410 g/mol.